The molecule has 2 aliphatic heterocycles. The van der Waals surface area contributed by atoms with Crippen LogP contribution in [-0.4, -0.2) is 33.6 Å². The quantitative estimate of drug-likeness (QED) is 0.161. The molecular formula is C48H40N4P2S2. The van der Waals surface area contributed by atoms with Gasteiger partial charge in [-0.2, -0.15) is 0 Å². The summed E-state index contributed by atoms with van der Waals surface area (Å²) in [5.74, 6) is 0. The molecular weight excluding hydrogens is 759 g/mol. The standard InChI is InChI=1S/C48H40N4P2S2/c1-5-49(6-2)54(56)45-26-24-33(51-40-21-13-9-17-36(40)37-18-10-14-22-41(37)51)30-43(45)52-42-29-32(50-38-19-11-7-15-34(38)35-16-8-12-20-39(35)50)23-25-44(42)53(4,55)46-27-31(3)28-47(54)48(46)52/h7-30H,5-6H2,1-4H3. The van der Waals surface area contributed by atoms with Crippen LogP contribution >= 0.6 is 12.2 Å². The summed E-state index contributed by atoms with van der Waals surface area (Å²) in [6.07, 6.45) is -2.48. The van der Waals surface area contributed by atoms with Crippen molar-refractivity contribution in [3.05, 3.63) is 151 Å². The molecule has 0 fully saturated rings. The number of rotatable bonds is 5. The predicted octanol–water partition coefficient (Wildman–Crippen LogP) is 11.0. The topological polar surface area (TPSA) is 16.3 Å². The van der Waals surface area contributed by atoms with Crippen molar-refractivity contribution in [1.29, 1.82) is 0 Å². The third-order valence-corrected chi connectivity index (χ3v) is 21.2. The van der Waals surface area contributed by atoms with Gasteiger partial charge in [-0.15, -0.1) is 0 Å². The first kappa shape index (κ1) is 34.4. The van der Waals surface area contributed by atoms with Crippen molar-refractivity contribution < 1.29 is 0 Å². The van der Waals surface area contributed by atoms with Crippen molar-refractivity contribution >= 4 is 118 Å². The molecule has 9 aromatic rings. The number of aryl methyl sites for hydroxylation is 1. The molecule has 11 rings (SSSR count). The number of anilines is 3. The van der Waals surface area contributed by atoms with E-state index in [1.807, 2.05) is 0 Å². The van der Waals surface area contributed by atoms with Crippen LogP contribution in [0.5, 0.6) is 0 Å². The maximum atomic E-state index is 7.17. The van der Waals surface area contributed by atoms with Gasteiger partial charge in [0.2, 0.25) is 0 Å². The maximum absolute atomic E-state index is 7.17. The van der Waals surface area contributed by atoms with Crippen LogP contribution in [0.15, 0.2) is 146 Å². The lowest BCUT2D eigenvalue weighted by Gasteiger charge is -2.48. The Hall–Kier alpha value is -4.80. The van der Waals surface area contributed by atoms with Gasteiger partial charge in [0.25, 0.3) is 0 Å². The summed E-state index contributed by atoms with van der Waals surface area (Å²) in [5.41, 5.74) is 11.8. The first-order chi connectivity index (χ1) is 27.2. The highest BCUT2D eigenvalue weighted by molar-refractivity contribution is 8.22. The van der Waals surface area contributed by atoms with Crippen molar-refractivity contribution in [3.63, 3.8) is 0 Å². The van der Waals surface area contributed by atoms with E-state index in [-0.39, 0.29) is 0 Å². The van der Waals surface area contributed by atoms with E-state index in [9.17, 15) is 0 Å². The molecule has 0 radical (unpaired) electrons. The van der Waals surface area contributed by atoms with Gasteiger partial charge in [0.1, 0.15) is 0 Å². The third-order valence-electron chi connectivity index (χ3n) is 12.2. The smallest absolute Gasteiger partial charge is 0.0751 e. The average Bonchev–Trinajstić information content (AvgIpc) is 3.74. The van der Waals surface area contributed by atoms with E-state index in [1.54, 1.807) is 0 Å². The van der Waals surface area contributed by atoms with E-state index in [4.69, 9.17) is 23.6 Å². The summed E-state index contributed by atoms with van der Waals surface area (Å²) in [5, 5.41) is 10.0. The van der Waals surface area contributed by atoms with Crippen LogP contribution in [0.3, 0.4) is 0 Å². The number of nitrogens with zero attached hydrogens (tertiary/aromatic N) is 4. The molecule has 0 spiro atoms. The fourth-order valence-corrected chi connectivity index (χ4v) is 17.9. The minimum absolute atomic E-state index is 0.874. The number of para-hydroxylation sites is 4. The van der Waals surface area contributed by atoms with Crippen LogP contribution in [0.25, 0.3) is 55.0 Å². The van der Waals surface area contributed by atoms with Gasteiger partial charge in [0.05, 0.1) is 45.3 Å². The normalized spacial score (nSPS) is 18.6. The molecule has 274 valence electrons. The first-order valence-electron chi connectivity index (χ1n) is 19.4. The van der Waals surface area contributed by atoms with Crippen LogP contribution < -0.4 is 26.1 Å². The van der Waals surface area contributed by atoms with Crippen LogP contribution in [0.1, 0.15) is 19.4 Å². The zero-order valence-electron chi connectivity index (χ0n) is 31.8. The summed E-state index contributed by atoms with van der Waals surface area (Å²) in [7, 11) is 0. The van der Waals surface area contributed by atoms with Gasteiger partial charge >= 0.3 is 0 Å². The van der Waals surface area contributed by atoms with Crippen LogP contribution in [0, 0.1) is 6.92 Å². The van der Waals surface area contributed by atoms with Gasteiger partial charge < -0.3 is 14.0 Å². The van der Waals surface area contributed by atoms with Crippen LogP contribution in [0.4, 0.5) is 17.1 Å². The maximum Gasteiger partial charge on any atom is 0.0751 e. The lowest BCUT2D eigenvalue weighted by atomic mass is 10.1. The van der Waals surface area contributed by atoms with Gasteiger partial charge in [-0.3, -0.25) is 4.67 Å². The van der Waals surface area contributed by atoms with Gasteiger partial charge in [-0.25, -0.2) is 0 Å². The minimum atomic E-state index is -2.48. The van der Waals surface area contributed by atoms with E-state index in [0.29, 0.717) is 0 Å². The Balaban J connectivity index is 1.26. The lowest BCUT2D eigenvalue weighted by Crippen LogP contribution is -2.46. The minimum Gasteiger partial charge on any atom is -0.309 e. The fourth-order valence-electron chi connectivity index (χ4n) is 9.76. The summed E-state index contributed by atoms with van der Waals surface area (Å²) in [4.78, 5) is 2.56. The zero-order chi connectivity index (χ0) is 38.1. The third kappa shape index (κ3) is 4.51. The van der Waals surface area contributed by atoms with Crippen molar-refractivity contribution in [2.45, 2.75) is 20.8 Å². The largest absolute Gasteiger partial charge is 0.309 e. The Labute approximate surface area is 337 Å². The molecule has 0 aliphatic carbocycles. The fraction of sp³-hybridized carbons (Fsp3) is 0.125. The molecule has 0 saturated carbocycles. The summed E-state index contributed by atoms with van der Waals surface area (Å²) >= 11 is 14.0. The molecule has 56 heavy (non-hydrogen) atoms. The molecule has 8 heteroatoms. The SMILES string of the molecule is CCN(CC)P1(=S)c2ccc(-n3c4ccccc4c4ccccc43)cc2N2c3cc(-n4c5ccccc5c5ccccc54)ccc3P(C)(=S)c3cc(C)cc1c32. The van der Waals surface area contributed by atoms with E-state index in [1.165, 1.54) is 76.1 Å². The number of aromatic nitrogens is 2. The molecule has 0 saturated heterocycles. The molecule has 2 unspecified atom stereocenters. The van der Waals surface area contributed by atoms with Crippen molar-refractivity contribution in [2.75, 3.05) is 24.7 Å². The van der Waals surface area contributed by atoms with Crippen molar-refractivity contribution in [1.82, 2.24) is 13.8 Å². The zero-order valence-corrected chi connectivity index (χ0v) is 35.2. The van der Waals surface area contributed by atoms with Gasteiger partial charge in [0, 0.05) is 73.3 Å². The molecule has 0 amide bonds. The highest BCUT2D eigenvalue weighted by atomic mass is 32.4. The van der Waals surface area contributed by atoms with Crippen LogP contribution in [0.2, 0.25) is 0 Å². The van der Waals surface area contributed by atoms with E-state index < -0.39 is 12.2 Å². The summed E-state index contributed by atoms with van der Waals surface area (Å²) in [6, 6.07) is 51.7. The summed E-state index contributed by atoms with van der Waals surface area (Å²) < 4.78 is 7.42. The second-order valence-corrected chi connectivity index (χ2v) is 24.5. The lowest BCUT2D eigenvalue weighted by molar-refractivity contribution is 0.513. The molecule has 2 aromatic heterocycles. The molecule has 2 atom stereocenters. The predicted molar refractivity (Wildman–Crippen MR) is 250 cm³/mol. The molecule has 0 N–H and O–H groups in total. The average molecular weight is 799 g/mol. The number of hydrogen-bond donors (Lipinski definition) is 0. The second-order valence-electron chi connectivity index (χ2n) is 15.2. The molecule has 2 aliphatic rings. The Bertz CT molecular complexity index is 3140. The van der Waals surface area contributed by atoms with E-state index >= 15 is 0 Å². The van der Waals surface area contributed by atoms with Gasteiger partial charge in [-0.1, -0.05) is 110 Å². The monoisotopic (exact) mass is 798 g/mol. The van der Waals surface area contributed by atoms with Gasteiger partial charge in [0.15, 0.2) is 0 Å². The molecule has 4 heterocycles. The second kappa shape index (κ2) is 12.3. The first-order valence-corrected chi connectivity index (χ1v) is 25.4. The number of hydrogen-bond acceptors (Lipinski definition) is 3. The highest BCUT2D eigenvalue weighted by Crippen LogP contribution is 2.62. The Morgan fingerprint density at radius 1 is 0.500 bits per heavy atom. The Morgan fingerprint density at radius 3 is 1.38 bits per heavy atom. The summed E-state index contributed by atoms with van der Waals surface area (Å²) in [6.45, 7) is 10.8. The number of benzene rings is 7. The highest BCUT2D eigenvalue weighted by Gasteiger charge is 2.46. The van der Waals surface area contributed by atoms with Crippen molar-refractivity contribution in [3.8, 4) is 11.4 Å². The van der Waals surface area contributed by atoms with Gasteiger partial charge in [-0.05, 0) is 91.9 Å². The Kier molecular flexibility index (Phi) is 7.60. The number of fused-ring (bicyclic) bond motifs is 10. The van der Waals surface area contributed by atoms with Crippen molar-refractivity contribution in [2.24, 2.45) is 0 Å². The molecule has 0 bridgehead atoms. The molecule has 7 aromatic carbocycles. The van der Waals surface area contributed by atoms with Crippen LogP contribution in [-0.2, 0) is 23.6 Å². The molecule has 4 nitrogen and oxygen atoms in total. The van der Waals surface area contributed by atoms with E-state index in [0.717, 1.165) is 35.8 Å². The van der Waals surface area contributed by atoms with E-state index in [2.05, 4.69) is 192 Å². The Morgan fingerprint density at radius 2 is 0.911 bits per heavy atom.